The number of carbonyl (C=O) groups is 1. The fourth-order valence-electron chi connectivity index (χ4n) is 1.03. The van der Waals surface area contributed by atoms with Crippen LogP contribution < -0.4 is 0 Å². The van der Waals surface area contributed by atoms with Gasteiger partial charge in [-0.2, -0.15) is 0 Å². The molecule has 0 saturated carbocycles. The first-order chi connectivity index (χ1) is 5.77. The number of ether oxygens (including phenoxy) is 2. The van der Waals surface area contributed by atoms with E-state index in [2.05, 4.69) is 0 Å². The molecular weight excluding hydrogens is 160 g/mol. The highest BCUT2D eigenvalue weighted by Crippen LogP contribution is 2.27. The van der Waals surface area contributed by atoms with Gasteiger partial charge in [0.05, 0.1) is 6.26 Å². The van der Waals surface area contributed by atoms with Crippen molar-refractivity contribution < 1.29 is 19.4 Å². The summed E-state index contributed by atoms with van der Waals surface area (Å²) in [5, 5.41) is 8.59. The summed E-state index contributed by atoms with van der Waals surface area (Å²) < 4.78 is 10.0. The lowest BCUT2D eigenvalue weighted by Gasteiger charge is -2.07. The zero-order chi connectivity index (χ0) is 8.55. The fourth-order valence-corrected chi connectivity index (χ4v) is 1.03. The first-order valence-electron chi connectivity index (χ1n) is 3.42. The van der Waals surface area contributed by atoms with Gasteiger partial charge in [-0.25, -0.2) is 4.79 Å². The highest BCUT2D eigenvalue weighted by molar-refractivity contribution is 5.76. The number of hydrogen-bond donors (Lipinski definition) is 1. The van der Waals surface area contributed by atoms with Gasteiger partial charge in [0.1, 0.15) is 0 Å². The first-order valence-corrected chi connectivity index (χ1v) is 3.42. The average molecular weight is 166 g/mol. The van der Waals surface area contributed by atoms with E-state index in [0.29, 0.717) is 11.5 Å². The third-order valence-electron chi connectivity index (χ3n) is 1.56. The van der Waals surface area contributed by atoms with Crippen LogP contribution in [0.4, 0.5) is 0 Å². The summed E-state index contributed by atoms with van der Waals surface area (Å²) in [5.74, 6) is -0.0591. The molecule has 4 heteroatoms. The van der Waals surface area contributed by atoms with Crippen molar-refractivity contribution in [3.8, 4) is 0 Å². The standard InChI is InChI=1S/C8H6O4/c9-8(10)7-4-6-5(12-7)2-1-3-11-6/h1-4,7H,(H,9,10)/t7-/m0/s1. The number of hydrogen-bond acceptors (Lipinski definition) is 3. The van der Waals surface area contributed by atoms with Crippen molar-refractivity contribution in [3.05, 3.63) is 36.0 Å². The highest BCUT2D eigenvalue weighted by atomic mass is 16.6. The van der Waals surface area contributed by atoms with Crippen LogP contribution in [0.15, 0.2) is 36.0 Å². The summed E-state index contributed by atoms with van der Waals surface area (Å²) in [6.45, 7) is 0. The molecule has 0 saturated heterocycles. The molecule has 0 spiro atoms. The van der Waals surface area contributed by atoms with Gasteiger partial charge in [-0.15, -0.1) is 0 Å². The average Bonchev–Trinajstić information content (AvgIpc) is 2.46. The lowest BCUT2D eigenvalue weighted by Crippen LogP contribution is -2.16. The Hall–Kier alpha value is -1.71. The molecule has 2 heterocycles. The second-order valence-corrected chi connectivity index (χ2v) is 2.38. The molecular formula is C8H6O4. The maximum atomic E-state index is 10.5. The van der Waals surface area contributed by atoms with Crippen LogP contribution in [-0.4, -0.2) is 17.2 Å². The highest BCUT2D eigenvalue weighted by Gasteiger charge is 2.29. The summed E-state index contributed by atoms with van der Waals surface area (Å²) in [6.07, 6.45) is 5.31. The van der Waals surface area contributed by atoms with Crippen molar-refractivity contribution in [1.29, 1.82) is 0 Å². The molecule has 1 N–H and O–H groups in total. The van der Waals surface area contributed by atoms with Crippen LogP contribution in [0.25, 0.3) is 0 Å². The number of aliphatic carboxylic acids is 1. The molecule has 0 unspecified atom stereocenters. The minimum absolute atomic E-state index is 0.477. The summed E-state index contributed by atoms with van der Waals surface area (Å²) in [5.41, 5.74) is 0. The second kappa shape index (κ2) is 2.41. The van der Waals surface area contributed by atoms with Gasteiger partial charge in [0.2, 0.25) is 6.10 Å². The van der Waals surface area contributed by atoms with Gasteiger partial charge < -0.3 is 14.6 Å². The number of carboxylic acids is 1. The van der Waals surface area contributed by atoms with E-state index in [1.54, 1.807) is 12.2 Å². The summed E-state index contributed by atoms with van der Waals surface area (Å²) in [7, 11) is 0. The van der Waals surface area contributed by atoms with Crippen LogP contribution in [-0.2, 0) is 14.3 Å². The van der Waals surface area contributed by atoms with E-state index in [4.69, 9.17) is 14.6 Å². The molecule has 0 amide bonds. The normalized spacial score (nSPS) is 24.8. The number of carboxylic acid groups (broad SMARTS) is 1. The van der Waals surface area contributed by atoms with Crippen molar-refractivity contribution >= 4 is 5.97 Å². The van der Waals surface area contributed by atoms with Gasteiger partial charge in [0.25, 0.3) is 0 Å². The molecule has 62 valence electrons. The molecule has 0 fully saturated rings. The van der Waals surface area contributed by atoms with Crippen molar-refractivity contribution in [2.45, 2.75) is 6.10 Å². The Morgan fingerprint density at radius 3 is 3.00 bits per heavy atom. The lowest BCUT2D eigenvalue weighted by atomic mass is 10.3. The lowest BCUT2D eigenvalue weighted by molar-refractivity contribution is -0.144. The van der Waals surface area contributed by atoms with Gasteiger partial charge in [-0.3, -0.25) is 0 Å². The van der Waals surface area contributed by atoms with E-state index in [1.807, 2.05) is 0 Å². The topological polar surface area (TPSA) is 55.8 Å². The van der Waals surface area contributed by atoms with Crippen molar-refractivity contribution in [2.24, 2.45) is 0 Å². The van der Waals surface area contributed by atoms with Crippen molar-refractivity contribution in [1.82, 2.24) is 0 Å². The number of allylic oxidation sites excluding steroid dienone is 2. The predicted molar refractivity (Wildman–Crippen MR) is 38.9 cm³/mol. The summed E-state index contributed by atoms with van der Waals surface area (Å²) >= 11 is 0. The van der Waals surface area contributed by atoms with Gasteiger partial charge in [-0.05, 0) is 12.2 Å². The van der Waals surface area contributed by atoms with E-state index in [0.717, 1.165) is 0 Å². The van der Waals surface area contributed by atoms with Gasteiger partial charge in [0.15, 0.2) is 11.5 Å². The molecule has 1 atom stereocenters. The Kier molecular flexibility index (Phi) is 1.40. The molecule has 0 bridgehead atoms. The van der Waals surface area contributed by atoms with E-state index in [9.17, 15) is 4.79 Å². The van der Waals surface area contributed by atoms with E-state index < -0.39 is 12.1 Å². The Morgan fingerprint density at radius 1 is 1.50 bits per heavy atom. The Labute approximate surface area is 68.4 Å². The van der Waals surface area contributed by atoms with Crippen LogP contribution in [0, 0.1) is 0 Å². The minimum atomic E-state index is -1.01. The number of fused-ring (bicyclic) bond motifs is 1. The van der Waals surface area contributed by atoms with Gasteiger partial charge in [-0.1, -0.05) is 0 Å². The molecule has 0 aliphatic carbocycles. The SMILES string of the molecule is O=C(O)[C@@H]1C=C2OC=CC=C2O1. The Morgan fingerprint density at radius 2 is 2.33 bits per heavy atom. The van der Waals surface area contributed by atoms with Gasteiger partial charge >= 0.3 is 5.97 Å². The maximum absolute atomic E-state index is 10.5. The zero-order valence-corrected chi connectivity index (χ0v) is 6.06. The molecule has 0 radical (unpaired) electrons. The number of rotatable bonds is 1. The molecule has 0 aromatic carbocycles. The first kappa shape index (κ1) is 6.97. The van der Waals surface area contributed by atoms with Crippen LogP contribution >= 0.6 is 0 Å². The molecule has 0 aromatic heterocycles. The van der Waals surface area contributed by atoms with E-state index >= 15 is 0 Å². The summed E-state index contributed by atoms with van der Waals surface area (Å²) in [4.78, 5) is 10.5. The monoisotopic (exact) mass is 166 g/mol. The zero-order valence-electron chi connectivity index (χ0n) is 6.06. The van der Waals surface area contributed by atoms with E-state index in [-0.39, 0.29) is 0 Å². The smallest absolute Gasteiger partial charge is 0.349 e. The largest absolute Gasteiger partial charge is 0.478 e. The molecule has 2 rings (SSSR count). The van der Waals surface area contributed by atoms with Gasteiger partial charge in [0, 0.05) is 6.08 Å². The quantitative estimate of drug-likeness (QED) is 0.625. The molecule has 2 aliphatic heterocycles. The Balaban J connectivity index is 2.25. The Bertz CT molecular complexity index is 311. The molecule has 4 nitrogen and oxygen atoms in total. The van der Waals surface area contributed by atoms with Crippen LogP contribution in [0.2, 0.25) is 0 Å². The van der Waals surface area contributed by atoms with Crippen LogP contribution in [0.5, 0.6) is 0 Å². The third-order valence-corrected chi connectivity index (χ3v) is 1.56. The maximum Gasteiger partial charge on any atom is 0.349 e. The summed E-state index contributed by atoms with van der Waals surface area (Å²) in [6, 6.07) is 0. The van der Waals surface area contributed by atoms with Crippen LogP contribution in [0.3, 0.4) is 0 Å². The fraction of sp³-hybridized carbons (Fsp3) is 0.125. The predicted octanol–water partition coefficient (Wildman–Crippen LogP) is 0.781. The molecule has 12 heavy (non-hydrogen) atoms. The minimum Gasteiger partial charge on any atom is -0.478 e. The van der Waals surface area contributed by atoms with Crippen molar-refractivity contribution in [3.63, 3.8) is 0 Å². The molecule has 0 aromatic rings. The molecule has 2 aliphatic rings. The van der Waals surface area contributed by atoms with Crippen LogP contribution in [0.1, 0.15) is 0 Å². The third kappa shape index (κ3) is 0.972. The van der Waals surface area contributed by atoms with E-state index in [1.165, 1.54) is 12.3 Å². The van der Waals surface area contributed by atoms with Crippen molar-refractivity contribution in [2.75, 3.05) is 0 Å². The second-order valence-electron chi connectivity index (χ2n) is 2.38.